The van der Waals surface area contributed by atoms with Gasteiger partial charge in [-0.15, -0.1) is 0 Å². The zero-order valence-corrected chi connectivity index (χ0v) is 8.41. The molecule has 84 valence electrons. The van der Waals surface area contributed by atoms with Crippen LogP contribution in [-0.4, -0.2) is 24.3 Å². The molecule has 0 atom stereocenters. The van der Waals surface area contributed by atoms with E-state index in [9.17, 15) is 14.9 Å². The molecule has 0 saturated carbocycles. The van der Waals surface area contributed by atoms with Crippen molar-refractivity contribution in [1.82, 2.24) is 5.43 Å². The first-order valence-electron chi connectivity index (χ1n) is 4.25. The number of rotatable bonds is 3. The van der Waals surface area contributed by atoms with Gasteiger partial charge in [0.25, 0.3) is 5.69 Å². The number of hydrazone groups is 1. The number of hydrogen-bond donors (Lipinski definition) is 1. The van der Waals surface area contributed by atoms with Gasteiger partial charge in [0.15, 0.2) is 0 Å². The molecular weight excluding hydrogens is 214 g/mol. The second-order valence-corrected chi connectivity index (χ2v) is 2.71. The fourth-order valence-electron chi connectivity index (χ4n) is 0.887. The number of non-ortho nitro benzene ring substituents is 1. The van der Waals surface area contributed by atoms with E-state index in [0.29, 0.717) is 5.56 Å². The summed E-state index contributed by atoms with van der Waals surface area (Å²) in [7, 11) is 1.22. The third-order valence-electron chi connectivity index (χ3n) is 1.66. The predicted molar refractivity (Wildman–Crippen MR) is 56.2 cm³/mol. The normalized spacial score (nSPS) is 10.1. The van der Waals surface area contributed by atoms with E-state index < -0.39 is 11.0 Å². The van der Waals surface area contributed by atoms with E-state index in [1.807, 2.05) is 0 Å². The SMILES string of the molecule is COC(=O)N/N=C/c1ccc([N+](=O)[O-])cc1. The summed E-state index contributed by atoms with van der Waals surface area (Å²) in [4.78, 5) is 20.5. The number of nitrogens with zero attached hydrogens (tertiary/aromatic N) is 2. The van der Waals surface area contributed by atoms with Crippen molar-refractivity contribution in [3.05, 3.63) is 39.9 Å². The molecule has 1 N–H and O–H groups in total. The zero-order chi connectivity index (χ0) is 12.0. The van der Waals surface area contributed by atoms with Gasteiger partial charge in [-0.3, -0.25) is 10.1 Å². The molecule has 1 aromatic rings. The van der Waals surface area contributed by atoms with Gasteiger partial charge in [-0.2, -0.15) is 5.10 Å². The quantitative estimate of drug-likeness (QED) is 0.474. The van der Waals surface area contributed by atoms with Gasteiger partial charge in [0.05, 0.1) is 18.2 Å². The van der Waals surface area contributed by atoms with Crippen molar-refractivity contribution in [2.75, 3.05) is 7.11 Å². The fraction of sp³-hybridized carbons (Fsp3) is 0.111. The van der Waals surface area contributed by atoms with Gasteiger partial charge in [0.2, 0.25) is 0 Å². The van der Waals surface area contributed by atoms with Gasteiger partial charge in [-0.25, -0.2) is 10.2 Å². The summed E-state index contributed by atoms with van der Waals surface area (Å²) in [5, 5.41) is 13.9. The molecular formula is C9H9N3O4. The summed E-state index contributed by atoms with van der Waals surface area (Å²) in [5.74, 6) is 0. The van der Waals surface area contributed by atoms with Gasteiger partial charge in [0.1, 0.15) is 0 Å². The first kappa shape index (κ1) is 11.6. The zero-order valence-electron chi connectivity index (χ0n) is 8.41. The molecule has 7 heteroatoms. The Kier molecular flexibility index (Phi) is 3.96. The van der Waals surface area contributed by atoms with Gasteiger partial charge < -0.3 is 4.74 Å². The summed E-state index contributed by atoms with van der Waals surface area (Å²) in [6.07, 6.45) is 0.666. The Labute approximate surface area is 90.9 Å². The van der Waals surface area contributed by atoms with Crippen molar-refractivity contribution in [1.29, 1.82) is 0 Å². The smallest absolute Gasteiger partial charge is 0.427 e. The Hall–Kier alpha value is -2.44. The van der Waals surface area contributed by atoms with E-state index >= 15 is 0 Å². The molecule has 1 rings (SSSR count). The third-order valence-corrected chi connectivity index (χ3v) is 1.66. The molecule has 0 aliphatic heterocycles. The Morgan fingerprint density at radius 3 is 2.62 bits per heavy atom. The van der Waals surface area contributed by atoms with Gasteiger partial charge in [-0.1, -0.05) is 0 Å². The summed E-state index contributed by atoms with van der Waals surface area (Å²) in [6.45, 7) is 0. The minimum absolute atomic E-state index is 0.00178. The number of nitro benzene ring substituents is 1. The highest BCUT2D eigenvalue weighted by Crippen LogP contribution is 2.10. The third kappa shape index (κ3) is 3.37. The van der Waals surface area contributed by atoms with Gasteiger partial charge >= 0.3 is 6.09 Å². The molecule has 16 heavy (non-hydrogen) atoms. The van der Waals surface area contributed by atoms with Crippen LogP contribution in [0, 0.1) is 10.1 Å². The Bertz CT molecular complexity index is 413. The number of amides is 1. The van der Waals surface area contributed by atoms with Crippen LogP contribution in [0.2, 0.25) is 0 Å². The van der Waals surface area contributed by atoms with E-state index in [-0.39, 0.29) is 5.69 Å². The van der Waals surface area contributed by atoms with Crippen LogP contribution in [-0.2, 0) is 4.74 Å². The molecule has 0 aliphatic carbocycles. The van der Waals surface area contributed by atoms with Crippen LogP contribution in [0.3, 0.4) is 0 Å². The number of ether oxygens (including phenoxy) is 1. The Morgan fingerprint density at radius 2 is 2.12 bits per heavy atom. The van der Waals surface area contributed by atoms with Crippen LogP contribution < -0.4 is 5.43 Å². The van der Waals surface area contributed by atoms with Crippen molar-refractivity contribution >= 4 is 18.0 Å². The lowest BCUT2D eigenvalue weighted by Crippen LogP contribution is -2.16. The average Bonchev–Trinajstić information content (AvgIpc) is 2.29. The van der Waals surface area contributed by atoms with E-state index in [2.05, 4.69) is 15.3 Å². The summed E-state index contributed by atoms with van der Waals surface area (Å²) in [5.41, 5.74) is 2.72. The first-order valence-corrected chi connectivity index (χ1v) is 4.25. The van der Waals surface area contributed by atoms with Crippen molar-refractivity contribution < 1.29 is 14.5 Å². The standard InChI is InChI=1S/C9H9N3O4/c1-16-9(13)11-10-6-7-2-4-8(5-3-7)12(14)15/h2-6H,1H3,(H,11,13)/b10-6+. The number of nitrogens with one attached hydrogen (secondary N) is 1. The number of nitro groups is 1. The van der Waals surface area contributed by atoms with Crippen LogP contribution in [0.5, 0.6) is 0 Å². The molecule has 0 bridgehead atoms. The largest absolute Gasteiger partial charge is 0.452 e. The lowest BCUT2D eigenvalue weighted by atomic mass is 10.2. The van der Waals surface area contributed by atoms with Crippen molar-refractivity contribution in [2.45, 2.75) is 0 Å². The summed E-state index contributed by atoms with van der Waals surface area (Å²) < 4.78 is 4.29. The minimum Gasteiger partial charge on any atom is -0.452 e. The van der Waals surface area contributed by atoms with Crippen molar-refractivity contribution in [3.8, 4) is 0 Å². The topological polar surface area (TPSA) is 93.8 Å². The van der Waals surface area contributed by atoms with Crippen LogP contribution in [0.1, 0.15) is 5.56 Å². The van der Waals surface area contributed by atoms with Crippen molar-refractivity contribution in [2.24, 2.45) is 5.10 Å². The molecule has 0 unspecified atom stereocenters. The molecule has 0 aliphatic rings. The number of methoxy groups -OCH3 is 1. The first-order chi connectivity index (χ1) is 7.63. The molecule has 1 aromatic carbocycles. The van der Waals surface area contributed by atoms with Crippen LogP contribution >= 0.6 is 0 Å². The number of carbonyl (C=O) groups is 1. The molecule has 0 spiro atoms. The maximum atomic E-state index is 10.6. The maximum Gasteiger partial charge on any atom is 0.427 e. The van der Waals surface area contributed by atoms with E-state index in [4.69, 9.17) is 0 Å². The minimum atomic E-state index is -0.682. The van der Waals surface area contributed by atoms with E-state index in [0.717, 1.165) is 0 Å². The molecule has 1 amide bonds. The van der Waals surface area contributed by atoms with E-state index in [1.165, 1.54) is 37.6 Å². The second kappa shape index (κ2) is 5.44. The molecule has 7 nitrogen and oxygen atoms in total. The molecule has 0 fully saturated rings. The lowest BCUT2D eigenvalue weighted by Gasteiger charge is -1.95. The molecule has 0 heterocycles. The summed E-state index contributed by atoms with van der Waals surface area (Å²) >= 11 is 0. The second-order valence-electron chi connectivity index (χ2n) is 2.71. The van der Waals surface area contributed by atoms with Gasteiger partial charge in [0, 0.05) is 12.1 Å². The van der Waals surface area contributed by atoms with Gasteiger partial charge in [-0.05, 0) is 17.7 Å². The Morgan fingerprint density at radius 1 is 1.50 bits per heavy atom. The summed E-state index contributed by atoms with van der Waals surface area (Å²) in [6, 6.07) is 5.72. The number of carbonyl (C=O) groups excluding carboxylic acids is 1. The lowest BCUT2D eigenvalue weighted by molar-refractivity contribution is -0.384. The highest BCUT2D eigenvalue weighted by molar-refractivity contribution is 5.81. The number of benzene rings is 1. The monoisotopic (exact) mass is 223 g/mol. The maximum absolute atomic E-state index is 10.6. The molecule has 0 saturated heterocycles. The Balaban J connectivity index is 2.61. The highest BCUT2D eigenvalue weighted by Gasteiger charge is 2.02. The highest BCUT2D eigenvalue weighted by atomic mass is 16.6. The average molecular weight is 223 g/mol. The fourth-order valence-corrected chi connectivity index (χ4v) is 0.887. The molecule has 0 radical (unpaired) electrons. The van der Waals surface area contributed by atoms with Crippen LogP contribution in [0.4, 0.5) is 10.5 Å². The van der Waals surface area contributed by atoms with Crippen molar-refractivity contribution in [3.63, 3.8) is 0 Å². The van der Waals surface area contributed by atoms with Crippen LogP contribution in [0.15, 0.2) is 29.4 Å². The van der Waals surface area contributed by atoms with E-state index in [1.54, 1.807) is 0 Å². The molecule has 0 aromatic heterocycles. The van der Waals surface area contributed by atoms with Crippen LogP contribution in [0.25, 0.3) is 0 Å². The number of hydrogen-bond acceptors (Lipinski definition) is 5. The predicted octanol–water partition coefficient (Wildman–Crippen LogP) is 1.28.